The topological polar surface area (TPSA) is 50.8 Å². The van der Waals surface area contributed by atoms with Gasteiger partial charge in [0, 0.05) is 24.4 Å². The van der Waals surface area contributed by atoms with Crippen LogP contribution in [0.4, 0.5) is 5.13 Å². The van der Waals surface area contributed by atoms with Crippen molar-refractivity contribution in [1.29, 1.82) is 0 Å². The minimum Gasteiger partial charge on any atom is -0.461 e. The Morgan fingerprint density at radius 2 is 2.47 bits per heavy atom. The summed E-state index contributed by atoms with van der Waals surface area (Å²) in [6.45, 7) is 1.02. The molecule has 0 saturated carbocycles. The summed E-state index contributed by atoms with van der Waals surface area (Å²) >= 11 is 1.50. The van der Waals surface area contributed by atoms with Crippen molar-refractivity contribution in [3.8, 4) is 0 Å². The summed E-state index contributed by atoms with van der Waals surface area (Å²) in [6, 6.07) is 3.90. The highest BCUT2D eigenvalue weighted by molar-refractivity contribution is 7.13. The molecule has 98 valence electrons. The van der Waals surface area contributed by atoms with E-state index < -0.39 is 0 Å². The Kier molecular flexibility index (Phi) is 2.46. The van der Waals surface area contributed by atoms with Gasteiger partial charge < -0.3 is 4.42 Å². The van der Waals surface area contributed by atoms with Gasteiger partial charge in [-0.15, -0.1) is 11.3 Å². The monoisotopic (exact) mass is 276 g/mol. The van der Waals surface area contributed by atoms with Crippen LogP contribution in [0.15, 0.2) is 34.4 Å². The van der Waals surface area contributed by atoms with E-state index in [0.29, 0.717) is 0 Å². The number of anilines is 1. The van der Waals surface area contributed by atoms with Crippen LogP contribution >= 0.6 is 11.3 Å². The fraction of sp³-hybridized carbons (Fsp3) is 0.385. The maximum atomic E-state index is 12.6. The number of nitrogens with one attached hydrogen (secondary N) is 1. The summed E-state index contributed by atoms with van der Waals surface area (Å²) in [7, 11) is 0. The van der Waals surface area contributed by atoms with Gasteiger partial charge in [-0.1, -0.05) is 0 Å². The van der Waals surface area contributed by atoms with Crippen molar-refractivity contribution in [1.82, 2.24) is 4.98 Å². The normalized spacial score (nSPS) is 30.0. The van der Waals surface area contributed by atoms with Gasteiger partial charge in [-0.2, -0.15) is 0 Å². The first-order valence-corrected chi connectivity index (χ1v) is 7.36. The second kappa shape index (κ2) is 4.18. The molecule has 0 aromatic carbocycles. The smallest absolute Gasteiger partial charge is 0.292 e. The maximum Gasteiger partial charge on any atom is 0.292 e. The molecule has 3 atom stereocenters. The molecule has 4 heterocycles. The fourth-order valence-electron chi connectivity index (χ4n) is 3.24. The van der Waals surface area contributed by atoms with Gasteiger partial charge in [-0.05, 0) is 12.1 Å². The molecule has 0 bridgehead atoms. The van der Waals surface area contributed by atoms with E-state index >= 15 is 0 Å². The maximum absolute atomic E-state index is 12.6. The quantitative estimate of drug-likeness (QED) is 0.884. The molecular formula is C13H14N3O2S+. The SMILES string of the molecule is O=C1[C@@H]2CCC[NH+]2[C@@H](c2ccco2)N1c1nccs1. The van der Waals surface area contributed by atoms with Crippen LogP contribution in [0.2, 0.25) is 0 Å². The number of nitrogens with zero attached hydrogens (tertiary/aromatic N) is 2. The molecule has 5 nitrogen and oxygen atoms in total. The summed E-state index contributed by atoms with van der Waals surface area (Å²) in [6.07, 6.45) is 5.43. The lowest BCUT2D eigenvalue weighted by Crippen LogP contribution is -3.12. The van der Waals surface area contributed by atoms with Crippen LogP contribution < -0.4 is 9.80 Å². The van der Waals surface area contributed by atoms with Crippen molar-refractivity contribution in [2.75, 3.05) is 11.4 Å². The largest absolute Gasteiger partial charge is 0.461 e. The van der Waals surface area contributed by atoms with E-state index in [1.165, 1.54) is 16.2 Å². The fourth-order valence-corrected chi connectivity index (χ4v) is 3.91. The molecule has 2 aliphatic rings. The molecule has 2 aliphatic heterocycles. The number of hydrogen-bond acceptors (Lipinski definition) is 4. The Morgan fingerprint density at radius 1 is 1.53 bits per heavy atom. The summed E-state index contributed by atoms with van der Waals surface area (Å²) in [5.74, 6) is 1.03. The molecule has 2 aromatic heterocycles. The van der Waals surface area contributed by atoms with Gasteiger partial charge in [0.1, 0.15) is 0 Å². The van der Waals surface area contributed by atoms with Gasteiger partial charge >= 0.3 is 0 Å². The van der Waals surface area contributed by atoms with E-state index in [9.17, 15) is 4.79 Å². The van der Waals surface area contributed by atoms with E-state index in [2.05, 4.69) is 4.98 Å². The lowest BCUT2D eigenvalue weighted by Gasteiger charge is -2.22. The number of furan rings is 1. The summed E-state index contributed by atoms with van der Waals surface area (Å²) in [4.78, 5) is 20.0. The van der Waals surface area contributed by atoms with Gasteiger partial charge in [0.05, 0.1) is 12.8 Å². The standard InChI is InChI=1S/C13H13N3O2S/c17-12-9-3-1-6-15(9)11(10-4-2-7-18-10)16(12)13-14-5-8-19-13/h2,4-5,7-9,11H,1,3,6H2/p+1/t9-,11+/m0/s1. The number of hydrogen-bond donors (Lipinski definition) is 1. The third kappa shape index (κ3) is 1.56. The van der Waals surface area contributed by atoms with Crippen LogP contribution in [0.1, 0.15) is 24.8 Å². The molecule has 1 N–H and O–H groups in total. The predicted octanol–water partition coefficient (Wildman–Crippen LogP) is 0.829. The zero-order valence-corrected chi connectivity index (χ0v) is 11.1. The Labute approximate surface area is 114 Å². The van der Waals surface area contributed by atoms with Crippen molar-refractivity contribution in [3.63, 3.8) is 0 Å². The summed E-state index contributed by atoms with van der Waals surface area (Å²) in [5, 5.41) is 2.67. The third-order valence-corrected chi connectivity index (χ3v) is 4.76. The van der Waals surface area contributed by atoms with Crippen molar-refractivity contribution >= 4 is 22.4 Å². The van der Waals surface area contributed by atoms with Gasteiger partial charge in [-0.25, -0.2) is 9.88 Å². The molecule has 0 aliphatic carbocycles. The molecule has 4 rings (SSSR count). The average Bonchev–Trinajstić information content (AvgIpc) is 3.15. The lowest BCUT2D eigenvalue weighted by molar-refractivity contribution is -0.925. The first-order valence-electron chi connectivity index (χ1n) is 6.48. The Balaban J connectivity index is 1.81. The van der Waals surface area contributed by atoms with E-state index in [1.807, 2.05) is 22.4 Å². The van der Waals surface area contributed by atoms with Crippen molar-refractivity contribution in [2.45, 2.75) is 25.0 Å². The third-order valence-electron chi connectivity index (χ3n) is 3.99. The molecule has 1 unspecified atom stereocenters. The molecular weight excluding hydrogens is 262 g/mol. The van der Waals surface area contributed by atoms with Crippen LogP contribution in [0, 0.1) is 0 Å². The average molecular weight is 276 g/mol. The second-order valence-electron chi connectivity index (χ2n) is 4.96. The first kappa shape index (κ1) is 11.2. The lowest BCUT2D eigenvalue weighted by atomic mass is 10.2. The zero-order valence-electron chi connectivity index (χ0n) is 10.3. The minimum atomic E-state index is -0.0545. The van der Waals surface area contributed by atoms with Gasteiger partial charge in [0.2, 0.25) is 6.17 Å². The number of aromatic nitrogens is 1. The number of quaternary nitrogens is 1. The van der Waals surface area contributed by atoms with Crippen LogP contribution in [0.3, 0.4) is 0 Å². The number of fused-ring (bicyclic) bond motifs is 1. The van der Waals surface area contributed by atoms with E-state index in [0.717, 1.165) is 30.3 Å². The van der Waals surface area contributed by atoms with Crippen molar-refractivity contribution < 1.29 is 14.1 Å². The van der Waals surface area contributed by atoms with Crippen molar-refractivity contribution in [3.05, 3.63) is 35.7 Å². The Bertz CT molecular complexity index is 581. The number of amides is 1. The molecule has 2 aromatic rings. The second-order valence-corrected chi connectivity index (χ2v) is 5.83. The molecule has 2 saturated heterocycles. The van der Waals surface area contributed by atoms with E-state index in [-0.39, 0.29) is 18.1 Å². The highest BCUT2D eigenvalue weighted by Gasteiger charge is 2.55. The highest BCUT2D eigenvalue weighted by atomic mass is 32.1. The number of thiazole rings is 1. The summed E-state index contributed by atoms with van der Waals surface area (Å²) in [5.41, 5.74) is 0. The minimum absolute atomic E-state index is 0.0545. The first-order chi connectivity index (χ1) is 9.36. The molecule has 6 heteroatoms. The van der Waals surface area contributed by atoms with Crippen molar-refractivity contribution in [2.24, 2.45) is 0 Å². The highest BCUT2D eigenvalue weighted by Crippen LogP contribution is 2.31. The predicted molar refractivity (Wildman–Crippen MR) is 69.9 cm³/mol. The zero-order chi connectivity index (χ0) is 12.8. The Morgan fingerprint density at radius 3 is 3.21 bits per heavy atom. The van der Waals surface area contributed by atoms with E-state index in [4.69, 9.17) is 4.42 Å². The van der Waals surface area contributed by atoms with Gasteiger partial charge in [-0.3, -0.25) is 9.69 Å². The molecule has 19 heavy (non-hydrogen) atoms. The number of carbonyl (C=O) groups excluding carboxylic acids is 1. The van der Waals surface area contributed by atoms with Crippen LogP contribution in [0.5, 0.6) is 0 Å². The van der Waals surface area contributed by atoms with Gasteiger partial charge in [0.15, 0.2) is 16.9 Å². The Hall–Kier alpha value is -1.66. The molecule has 0 radical (unpaired) electrons. The molecule has 2 fully saturated rings. The summed E-state index contributed by atoms with van der Waals surface area (Å²) < 4.78 is 5.56. The van der Waals surface area contributed by atoms with Gasteiger partial charge in [0.25, 0.3) is 5.91 Å². The molecule has 0 spiro atoms. The van der Waals surface area contributed by atoms with Crippen LogP contribution in [0.25, 0.3) is 0 Å². The van der Waals surface area contributed by atoms with Crippen LogP contribution in [-0.4, -0.2) is 23.5 Å². The molecule has 1 amide bonds. The number of rotatable bonds is 2. The van der Waals surface area contributed by atoms with Crippen LogP contribution in [-0.2, 0) is 4.79 Å². The number of carbonyl (C=O) groups is 1. The van der Waals surface area contributed by atoms with E-state index in [1.54, 1.807) is 12.5 Å².